The van der Waals surface area contributed by atoms with Gasteiger partial charge in [0, 0.05) is 24.0 Å². The Morgan fingerprint density at radius 2 is 2.08 bits per heavy atom. The fourth-order valence-electron chi connectivity index (χ4n) is 1.19. The Kier molecular flexibility index (Phi) is 2.90. The van der Waals surface area contributed by atoms with E-state index in [1.54, 1.807) is 0 Å². The molecule has 1 aromatic heterocycles. The average molecular weight is 179 g/mol. The molecule has 0 aliphatic rings. The van der Waals surface area contributed by atoms with Crippen molar-refractivity contribution in [2.24, 2.45) is 0 Å². The number of aliphatic carboxylic acids is 1. The monoisotopic (exact) mass is 179 g/mol. The Morgan fingerprint density at radius 3 is 2.54 bits per heavy atom. The lowest BCUT2D eigenvalue weighted by Gasteiger charge is -2.12. The molecule has 0 aliphatic heterocycles. The molecule has 0 aliphatic carbocycles. The lowest BCUT2D eigenvalue weighted by atomic mass is 10.1. The van der Waals surface area contributed by atoms with E-state index < -0.39 is 5.97 Å². The van der Waals surface area contributed by atoms with Crippen LogP contribution in [0.15, 0.2) is 36.7 Å². The van der Waals surface area contributed by atoms with Crippen LogP contribution in [-0.2, 0) is 4.79 Å². The molecule has 1 heterocycles. The first-order valence-corrected chi connectivity index (χ1v) is 4.15. The number of hydrogen-bond acceptors (Lipinski definition) is 1. The molecular weight excluding hydrogens is 166 g/mol. The van der Waals surface area contributed by atoms with Crippen molar-refractivity contribution in [1.29, 1.82) is 0 Å². The number of hydrogen-bond donors (Lipinski definition) is 1. The molecule has 0 spiro atoms. The Morgan fingerprint density at radius 1 is 1.54 bits per heavy atom. The Hall–Kier alpha value is -1.51. The zero-order chi connectivity index (χ0) is 9.84. The van der Waals surface area contributed by atoms with Crippen LogP contribution in [0.3, 0.4) is 0 Å². The highest BCUT2D eigenvalue weighted by Crippen LogP contribution is 2.15. The van der Waals surface area contributed by atoms with Crippen LogP contribution in [0, 0.1) is 0 Å². The number of carboxylic acids is 1. The van der Waals surface area contributed by atoms with E-state index in [1.165, 1.54) is 0 Å². The van der Waals surface area contributed by atoms with Crippen LogP contribution in [0.5, 0.6) is 0 Å². The predicted octanol–water partition coefficient (Wildman–Crippen LogP) is 2.08. The summed E-state index contributed by atoms with van der Waals surface area (Å²) in [6, 6.07) is 3.98. The highest BCUT2D eigenvalue weighted by atomic mass is 16.4. The van der Waals surface area contributed by atoms with E-state index in [4.69, 9.17) is 5.11 Å². The Labute approximate surface area is 77.3 Å². The topological polar surface area (TPSA) is 42.2 Å². The van der Waals surface area contributed by atoms with Crippen molar-refractivity contribution < 1.29 is 9.90 Å². The van der Waals surface area contributed by atoms with Crippen LogP contribution in [0.1, 0.15) is 19.4 Å². The number of carbonyl (C=O) groups is 1. The highest BCUT2D eigenvalue weighted by molar-refractivity contribution is 5.85. The number of carboxylic acid groups (broad SMARTS) is 1. The summed E-state index contributed by atoms with van der Waals surface area (Å²) in [4.78, 5) is 10.5. The van der Waals surface area contributed by atoms with Crippen molar-refractivity contribution in [3.8, 4) is 0 Å². The smallest absolute Gasteiger partial charge is 0.331 e. The molecule has 0 radical (unpaired) electrons. The molecule has 0 saturated heterocycles. The van der Waals surface area contributed by atoms with Gasteiger partial charge in [-0.05, 0) is 25.5 Å². The van der Waals surface area contributed by atoms with Crippen molar-refractivity contribution in [3.63, 3.8) is 0 Å². The van der Waals surface area contributed by atoms with Gasteiger partial charge in [-0.2, -0.15) is 0 Å². The van der Waals surface area contributed by atoms with Crippen LogP contribution in [0.4, 0.5) is 0 Å². The molecular formula is C10H13NO2. The molecule has 70 valence electrons. The summed E-state index contributed by atoms with van der Waals surface area (Å²) in [6.45, 7) is 5.46. The maximum atomic E-state index is 10.5. The minimum absolute atomic E-state index is 0.151. The van der Waals surface area contributed by atoms with E-state index in [0.717, 1.165) is 0 Å². The van der Waals surface area contributed by atoms with Crippen molar-refractivity contribution in [1.82, 2.24) is 4.57 Å². The molecule has 0 bridgehead atoms. The standard InChI is InChI=1S/C10H13NO2/c1-8(10(12)13)7-9(2)11-5-3-4-6-11/h3-6,9H,1,7H2,2H3,(H,12,13). The maximum absolute atomic E-state index is 10.5. The fraction of sp³-hybridized carbons (Fsp3) is 0.300. The van der Waals surface area contributed by atoms with E-state index in [2.05, 4.69) is 6.58 Å². The molecule has 13 heavy (non-hydrogen) atoms. The molecule has 3 heteroatoms. The van der Waals surface area contributed by atoms with Crippen LogP contribution >= 0.6 is 0 Å². The van der Waals surface area contributed by atoms with Crippen LogP contribution in [0.2, 0.25) is 0 Å². The van der Waals surface area contributed by atoms with E-state index in [-0.39, 0.29) is 11.6 Å². The molecule has 1 rings (SSSR count). The summed E-state index contributed by atoms with van der Waals surface area (Å²) >= 11 is 0. The van der Waals surface area contributed by atoms with E-state index in [9.17, 15) is 4.79 Å². The van der Waals surface area contributed by atoms with Gasteiger partial charge in [-0.15, -0.1) is 0 Å². The van der Waals surface area contributed by atoms with Gasteiger partial charge in [-0.3, -0.25) is 0 Å². The summed E-state index contributed by atoms with van der Waals surface area (Å²) in [5.41, 5.74) is 0.251. The Bertz CT molecular complexity index is 301. The summed E-state index contributed by atoms with van der Waals surface area (Å²) in [5, 5.41) is 8.62. The highest BCUT2D eigenvalue weighted by Gasteiger charge is 2.09. The lowest BCUT2D eigenvalue weighted by molar-refractivity contribution is -0.132. The first-order valence-electron chi connectivity index (χ1n) is 4.15. The second-order valence-electron chi connectivity index (χ2n) is 3.09. The minimum atomic E-state index is -0.918. The van der Waals surface area contributed by atoms with Gasteiger partial charge in [0.15, 0.2) is 0 Å². The third kappa shape index (κ3) is 2.47. The summed E-state index contributed by atoms with van der Waals surface area (Å²) in [5.74, 6) is -0.918. The molecule has 0 aromatic carbocycles. The number of aromatic nitrogens is 1. The van der Waals surface area contributed by atoms with E-state index >= 15 is 0 Å². The molecule has 1 atom stereocenters. The van der Waals surface area contributed by atoms with Gasteiger partial charge in [0.1, 0.15) is 0 Å². The first-order chi connectivity index (χ1) is 6.11. The fourth-order valence-corrected chi connectivity index (χ4v) is 1.19. The number of rotatable bonds is 4. The van der Waals surface area contributed by atoms with E-state index in [1.807, 2.05) is 36.0 Å². The molecule has 0 amide bonds. The number of nitrogens with zero attached hydrogens (tertiary/aromatic N) is 1. The van der Waals surface area contributed by atoms with Crippen molar-refractivity contribution in [2.75, 3.05) is 0 Å². The van der Waals surface area contributed by atoms with Crippen LogP contribution < -0.4 is 0 Å². The third-order valence-electron chi connectivity index (χ3n) is 1.98. The SMILES string of the molecule is C=C(CC(C)n1cccc1)C(=O)O. The minimum Gasteiger partial charge on any atom is -0.478 e. The lowest BCUT2D eigenvalue weighted by Crippen LogP contribution is -2.08. The zero-order valence-corrected chi connectivity index (χ0v) is 7.60. The van der Waals surface area contributed by atoms with Gasteiger partial charge >= 0.3 is 5.97 Å². The molecule has 0 fully saturated rings. The third-order valence-corrected chi connectivity index (χ3v) is 1.98. The second-order valence-corrected chi connectivity index (χ2v) is 3.09. The molecule has 1 unspecified atom stereocenters. The van der Waals surface area contributed by atoms with E-state index in [0.29, 0.717) is 6.42 Å². The largest absolute Gasteiger partial charge is 0.478 e. The zero-order valence-electron chi connectivity index (χ0n) is 7.60. The van der Waals surface area contributed by atoms with Gasteiger partial charge < -0.3 is 9.67 Å². The van der Waals surface area contributed by atoms with Gasteiger partial charge in [-0.25, -0.2) is 4.79 Å². The average Bonchev–Trinajstić information content (AvgIpc) is 2.55. The summed E-state index contributed by atoms with van der Waals surface area (Å²) in [6.07, 6.45) is 4.31. The molecule has 0 saturated carbocycles. The second kappa shape index (κ2) is 3.94. The molecule has 3 nitrogen and oxygen atoms in total. The quantitative estimate of drug-likeness (QED) is 0.719. The normalized spacial score (nSPS) is 12.4. The van der Waals surface area contributed by atoms with Crippen molar-refractivity contribution >= 4 is 5.97 Å². The molecule has 1 N–H and O–H groups in total. The van der Waals surface area contributed by atoms with Crippen molar-refractivity contribution in [2.45, 2.75) is 19.4 Å². The van der Waals surface area contributed by atoms with Crippen LogP contribution in [0.25, 0.3) is 0 Å². The predicted molar refractivity (Wildman–Crippen MR) is 50.5 cm³/mol. The van der Waals surface area contributed by atoms with Gasteiger partial charge in [0.25, 0.3) is 0 Å². The van der Waals surface area contributed by atoms with Gasteiger partial charge in [0.2, 0.25) is 0 Å². The van der Waals surface area contributed by atoms with Crippen LogP contribution in [-0.4, -0.2) is 15.6 Å². The Balaban J connectivity index is 2.56. The molecule has 1 aromatic rings. The summed E-state index contributed by atoms with van der Waals surface area (Å²) < 4.78 is 1.97. The van der Waals surface area contributed by atoms with Gasteiger partial charge in [-0.1, -0.05) is 6.58 Å². The van der Waals surface area contributed by atoms with Gasteiger partial charge in [0.05, 0.1) is 0 Å². The first kappa shape index (κ1) is 9.58. The summed E-state index contributed by atoms with van der Waals surface area (Å²) in [7, 11) is 0. The maximum Gasteiger partial charge on any atom is 0.331 e. The van der Waals surface area contributed by atoms with Crippen molar-refractivity contribution in [3.05, 3.63) is 36.7 Å².